The normalized spacial score (nSPS) is 16.3. The third-order valence-corrected chi connectivity index (χ3v) is 8.72. The summed E-state index contributed by atoms with van der Waals surface area (Å²) in [6.07, 6.45) is 0.146. The molecule has 3 amide bonds. The van der Waals surface area contributed by atoms with Crippen molar-refractivity contribution in [1.82, 2.24) is 9.80 Å². The van der Waals surface area contributed by atoms with E-state index in [0.717, 1.165) is 36.1 Å². The zero-order valence-electron chi connectivity index (χ0n) is 26.1. The van der Waals surface area contributed by atoms with Crippen LogP contribution in [0, 0.1) is 6.92 Å². The average molecular weight is 616 g/mol. The van der Waals surface area contributed by atoms with Gasteiger partial charge in [-0.1, -0.05) is 60.2 Å². The van der Waals surface area contributed by atoms with E-state index in [1.807, 2.05) is 79.5 Å². The second-order valence-electron chi connectivity index (χ2n) is 11.8. The van der Waals surface area contributed by atoms with Gasteiger partial charge in [0, 0.05) is 56.0 Å². The summed E-state index contributed by atoms with van der Waals surface area (Å²) in [6.45, 7) is 5.12. The fraction of sp³-hybridized carbons (Fsp3) is 0.243. The molecule has 2 heterocycles. The highest BCUT2D eigenvalue weighted by Crippen LogP contribution is 2.35. The van der Waals surface area contributed by atoms with Crippen molar-refractivity contribution in [2.45, 2.75) is 19.5 Å². The predicted molar refractivity (Wildman–Crippen MR) is 180 cm³/mol. The molecule has 1 atom stereocenters. The molecule has 0 radical (unpaired) electrons. The Morgan fingerprint density at radius 3 is 2.13 bits per heavy atom. The Morgan fingerprint density at radius 1 is 0.783 bits per heavy atom. The van der Waals surface area contributed by atoms with E-state index in [4.69, 9.17) is 0 Å². The maximum Gasteiger partial charge on any atom is 0.258 e. The molecule has 4 aromatic carbocycles. The van der Waals surface area contributed by atoms with Crippen LogP contribution in [0.1, 0.15) is 32.7 Å². The zero-order chi connectivity index (χ0) is 32.2. The first-order chi connectivity index (χ1) is 22.3. The van der Waals surface area contributed by atoms with Gasteiger partial charge in [-0.25, -0.2) is 0 Å². The van der Waals surface area contributed by atoms with Gasteiger partial charge in [-0.15, -0.1) is 0 Å². The van der Waals surface area contributed by atoms with Crippen molar-refractivity contribution in [2.24, 2.45) is 0 Å². The second kappa shape index (κ2) is 13.5. The number of hydrogen-bond acceptors (Lipinski definition) is 6. The number of aryl methyl sites for hydroxylation is 1. The SMILES string of the molecule is Cc1ccc(-c2ccccc2C(=O)Nc2ccc(C(=O)N3CCC(=O)N(C(C=O)N4CCN(C)CC4)c4ccccc43)cc2)cc1. The minimum atomic E-state index is -0.753. The summed E-state index contributed by atoms with van der Waals surface area (Å²) in [5, 5.41) is 2.96. The molecule has 0 aromatic heterocycles. The van der Waals surface area contributed by atoms with Crippen LogP contribution >= 0.6 is 0 Å². The van der Waals surface area contributed by atoms with Gasteiger partial charge >= 0.3 is 0 Å². The molecule has 4 aromatic rings. The number of aldehydes is 1. The number of piperazine rings is 1. The number of nitrogens with zero attached hydrogens (tertiary/aromatic N) is 4. The highest BCUT2D eigenvalue weighted by molar-refractivity contribution is 6.12. The van der Waals surface area contributed by atoms with Crippen molar-refractivity contribution in [1.29, 1.82) is 0 Å². The number of anilines is 3. The van der Waals surface area contributed by atoms with E-state index in [-0.39, 0.29) is 30.7 Å². The number of nitrogens with one attached hydrogen (secondary N) is 1. The van der Waals surface area contributed by atoms with E-state index in [1.54, 1.807) is 46.2 Å². The molecule has 1 unspecified atom stereocenters. The van der Waals surface area contributed by atoms with Gasteiger partial charge in [0.2, 0.25) is 5.91 Å². The Balaban J connectivity index is 1.21. The van der Waals surface area contributed by atoms with Gasteiger partial charge in [-0.05, 0) is 67.6 Å². The molecule has 6 rings (SSSR count). The number of likely N-dealkylation sites (N-methyl/N-ethyl adjacent to an activating group) is 1. The quantitative estimate of drug-likeness (QED) is 0.292. The van der Waals surface area contributed by atoms with Gasteiger partial charge in [0.25, 0.3) is 11.8 Å². The first-order valence-electron chi connectivity index (χ1n) is 15.5. The highest BCUT2D eigenvalue weighted by Gasteiger charge is 2.37. The third-order valence-electron chi connectivity index (χ3n) is 8.72. The Hall–Kier alpha value is -5.12. The van der Waals surface area contributed by atoms with E-state index in [9.17, 15) is 19.2 Å². The van der Waals surface area contributed by atoms with Crippen LogP contribution < -0.4 is 15.1 Å². The third kappa shape index (κ3) is 6.33. The molecule has 9 nitrogen and oxygen atoms in total. The zero-order valence-corrected chi connectivity index (χ0v) is 26.1. The van der Waals surface area contributed by atoms with Crippen molar-refractivity contribution in [3.63, 3.8) is 0 Å². The monoisotopic (exact) mass is 615 g/mol. The van der Waals surface area contributed by atoms with E-state index in [1.165, 1.54) is 0 Å². The summed E-state index contributed by atoms with van der Waals surface area (Å²) in [4.78, 5) is 60.6. The van der Waals surface area contributed by atoms with Crippen molar-refractivity contribution >= 4 is 41.1 Å². The maximum absolute atomic E-state index is 13.9. The van der Waals surface area contributed by atoms with Crippen molar-refractivity contribution in [3.8, 4) is 11.1 Å². The molecular weight excluding hydrogens is 578 g/mol. The summed E-state index contributed by atoms with van der Waals surface area (Å²) in [6, 6.07) is 29.5. The molecule has 0 spiro atoms. The highest BCUT2D eigenvalue weighted by atomic mass is 16.2. The average Bonchev–Trinajstić information content (AvgIpc) is 3.22. The van der Waals surface area contributed by atoms with Crippen LogP contribution in [0.25, 0.3) is 11.1 Å². The Labute approximate surface area is 269 Å². The molecule has 0 aliphatic carbocycles. The Bertz CT molecular complexity index is 1750. The predicted octanol–water partition coefficient (Wildman–Crippen LogP) is 5.07. The number of hydrogen-bond donors (Lipinski definition) is 1. The molecule has 0 saturated carbocycles. The number of benzene rings is 4. The number of amides is 3. The number of carbonyl (C=O) groups is 4. The summed E-state index contributed by atoms with van der Waals surface area (Å²) in [5.74, 6) is -0.727. The van der Waals surface area contributed by atoms with Gasteiger partial charge in [-0.3, -0.25) is 29.0 Å². The van der Waals surface area contributed by atoms with Gasteiger partial charge in [0.15, 0.2) is 6.29 Å². The Morgan fingerprint density at radius 2 is 1.43 bits per heavy atom. The number of carbonyl (C=O) groups excluding carboxylic acids is 4. The lowest BCUT2D eigenvalue weighted by atomic mass is 9.98. The van der Waals surface area contributed by atoms with Crippen LogP contribution in [-0.2, 0) is 9.59 Å². The van der Waals surface area contributed by atoms with Gasteiger partial charge in [0.05, 0.1) is 11.4 Å². The van der Waals surface area contributed by atoms with Gasteiger partial charge in [0.1, 0.15) is 6.17 Å². The topological polar surface area (TPSA) is 93.3 Å². The summed E-state index contributed by atoms with van der Waals surface area (Å²) in [7, 11) is 2.04. The minimum absolute atomic E-state index is 0.0764. The van der Waals surface area contributed by atoms with Crippen molar-refractivity contribution in [2.75, 3.05) is 54.9 Å². The largest absolute Gasteiger partial charge is 0.322 e. The van der Waals surface area contributed by atoms with Gasteiger partial charge in [-0.2, -0.15) is 0 Å². The first kappa shape index (κ1) is 30.9. The molecule has 2 aliphatic rings. The number of para-hydroxylation sites is 2. The molecule has 1 N–H and O–H groups in total. The van der Waals surface area contributed by atoms with Gasteiger partial charge < -0.3 is 15.1 Å². The van der Waals surface area contributed by atoms with Crippen molar-refractivity contribution in [3.05, 3.63) is 114 Å². The summed E-state index contributed by atoms with van der Waals surface area (Å²) >= 11 is 0. The fourth-order valence-corrected chi connectivity index (χ4v) is 6.09. The molecule has 9 heteroatoms. The second-order valence-corrected chi connectivity index (χ2v) is 11.8. The van der Waals surface area contributed by atoms with Crippen LogP contribution in [0.15, 0.2) is 97.1 Å². The standard InChI is InChI=1S/C37H37N5O4/c1-26-11-13-27(14-12-26)30-7-3-4-8-31(30)36(45)38-29-17-15-28(16-18-29)37(46)41-20-19-35(44)42(33-10-6-5-9-32(33)41)34(25-43)40-23-21-39(2)22-24-40/h3-18,25,34H,19-24H2,1-2H3,(H,38,45). The summed E-state index contributed by atoms with van der Waals surface area (Å²) in [5.41, 5.74) is 5.55. The van der Waals surface area contributed by atoms with Crippen LogP contribution in [0.2, 0.25) is 0 Å². The lowest BCUT2D eigenvalue weighted by molar-refractivity contribution is -0.123. The molecule has 0 bridgehead atoms. The Kier molecular flexibility index (Phi) is 9.05. The molecule has 1 fully saturated rings. The number of rotatable bonds is 7. The molecule has 2 aliphatic heterocycles. The minimum Gasteiger partial charge on any atom is -0.322 e. The van der Waals surface area contributed by atoms with Crippen LogP contribution in [0.5, 0.6) is 0 Å². The lowest BCUT2D eigenvalue weighted by Crippen LogP contribution is -2.57. The lowest BCUT2D eigenvalue weighted by Gasteiger charge is -2.40. The van der Waals surface area contributed by atoms with Crippen LogP contribution in [0.4, 0.5) is 17.1 Å². The smallest absolute Gasteiger partial charge is 0.258 e. The molecule has 234 valence electrons. The van der Waals surface area contributed by atoms with Crippen molar-refractivity contribution < 1.29 is 19.2 Å². The molecule has 46 heavy (non-hydrogen) atoms. The van der Waals surface area contributed by atoms with Crippen LogP contribution in [0.3, 0.4) is 0 Å². The van der Waals surface area contributed by atoms with E-state index in [2.05, 4.69) is 10.2 Å². The van der Waals surface area contributed by atoms with E-state index < -0.39 is 6.17 Å². The molecule has 1 saturated heterocycles. The molecular formula is C37H37N5O4. The first-order valence-corrected chi connectivity index (χ1v) is 15.5. The van der Waals surface area contributed by atoms with E-state index in [0.29, 0.717) is 41.3 Å². The fourth-order valence-electron chi connectivity index (χ4n) is 6.09. The summed E-state index contributed by atoms with van der Waals surface area (Å²) < 4.78 is 0. The maximum atomic E-state index is 13.9. The van der Waals surface area contributed by atoms with E-state index >= 15 is 0 Å². The number of fused-ring (bicyclic) bond motifs is 1. The van der Waals surface area contributed by atoms with Crippen LogP contribution in [-0.4, -0.2) is 79.7 Å².